The molecule has 7 heteroatoms. The second kappa shape index (κ2) is 3.89. The van der Waals surface area contributed by atoms with Crippen molar-refractivity contribution in [2.24, 2.45) is 0 Å². The van der Waals surface area contributed by atoms with E-state index in [4.69, 9.17) is 10.3 Å². The molecule has 0 bridgehead atoms. The van der Waals surface area contributed by atoms with Crippen molar-refractivity contribution >= 4 is 16.9 Å². The molecule has 20 heavy (non-hydrogen) atoms. The zero-order valence-electron chi connectivity index (χ0n) is 10.5. The minimum Gasteiger partial charge on any atom is -0.397 e. The van der Waals surface area contributed by atoms with Gasteiger partial charge in [-0.15, -0.1) is 0 Å². The molecule has 0 aromatic carbocycles. The number of rotatable bonds is 2. The lowest BCUT2D eigenvalue weighted by Gasteiger charge is -2.10. The highest BCUT2D eigenvalue weighted by Gasteiger charge is 2.29. The Bertz CT molecular complexity index is 849. The van der Waals surface area contributed by atoms with E-state index < -0.39 is 0 Å². The molecule has 0 atom stereocenters. The van der Waals surface area contributed by atoms with Crippen LogP contribution in [0.15, 0.2) is 33.8 Å². The summed E-state index contributed by atoms with van der Waals surface area (Å²) in [6, 6.07) is 3.45. The van der Waals surface area contributed by atoms with Crippen LogP contribution in [0.3, 0.4) is 0 Å². The van der Waals surface area contributed by atoms with E-state index in [-0.39, 0.29) is 17.3 Å². The smallest absolute Gasteiger partial charge is 0.282 e. The highest BCUT2D eigenvalue weighted by molar-refractivity contribution is 5.85. The summed E-state index contributed by atoms with van der Waals surface area (Å²) >= 11 is 0. The number of hydrogen-bond acceptors (Lipinski definition) is 6. The van der Waals surface area contributed by atoms with Crippen molar-refractivity contribution in [1.29, 1.82) is 0 Å². The van der Waals surface area contributed by atoms with Crippen molar-refractivity contribution in [2.45, 2.75) is 18.9 Å². The van der Waals surface area contributed by atoms with Crippen LogP contribution in [-0.2, 0) is 0 Å². The molecule has 100 valence electrons. The van der Waals surface area contributed by atoms with Crippen LogP contribution in [0.2, 0.25) is 0 Å². The first-order valence-electron chi connectivity index (χ1n) is 6.33. The molecule has 4 rings (SSSR count). The van der Waals surface area contributed by atoms with Gasteiger partial charge in [-0.1, -0.05) is 5.16 Å². The third kappa shape index (κ3) is 1.52. The molecule has 3 heterocycles. The monoisotopic (exact) mass is 269 g/mol. The van der Waals surface area contributed by atoms with Crippen molar-refractivity contribution in [3.8, 4) is 11.5 Å². The van der Waals surface area contributed by atoms with Gasteiger partial charge in [-0.2, -0.15) is 0 Å². The highest BCUT2D eigenvalue weighted by Crippen LogP contribution is 2.36. The van der Waals surface area contributed by atoms with E-state index in [1.807, 2.05) is 0 Å². The van der Waals surface area contributed by atoms with Gasteiger partial charge in [0.15, 0.2) is 17.1 Å². The highest BCUT2D eigenvalue weighted by atomic mass is 16.5. The van der Waals surface area contributed by atoms with E-state index in [1.165, 1.54) is 6.20 Å². The molecule has 0 unspecified atom stereocenters. The van der Waals surface area contributed by atoms with E-state index in [1.54, 1.807) is 22.9 Å². The van der Waals surface area contributed by atoms with Gasteiger partial charge in [0, 0.05) is 18.3 Å². The Labute approximate surface area is 113 Å². The summed E-state index contributed by atoms with van der Waals surface area (Å²) in [5, 5.41) is 3.62. The Morgan fingerprint density at radius 1 is 1.30 bits per heavy atom. The standard InChI is InChI=1S/C13H11N5O2/c14-8-3-5-15-12-10(8)17-11(9-4-6-16-20-9)13(19)18(12)7-1-2-7/h3-7H,1-2H2,(H2,14,15). The summed E-state index contributed by atoms with van der Waals surface area (Å²) in [5.41, 5.74) is 7.50. The summed E-state index contributed by atoms with van der Waals surface area (Å²) < 4.78 is 6.72. The number of nitrogens with zero attached hydrogens (tertiary/aromatic N) is 4. The van der Waals surface area contributed by atoms with Gasteiger partial charge in [0.25, 0.3) is 5.56 Å². The Morgan fingerprint density at radius 2 is 2.15 bits per heavy atom. The van der Waals surface area contributed by atoms with E-state index in [9.17, 15) is 4.79 Å². The normalized spacial score (nSPS) is 14.8. The summed E-state index contributed by atoms with van der Waals surface area (Å²) in [7, 11) is 0. The molecule has 1 fully saturated rings. The predicted octanol–water partition coefficient (Wildman–Crippen LogP) is 1.36. The van der Waals surface area contributed by atoms with Crippen LogP contribution >= 0.6 is 0 Å². The molecule has 0 amide bonds. The lowest BCUT2D eigenvalue weighted by atomic mass is 10.3. The summed E-state index contributed by atoms with van der Waals surface area (Å²) in [4.78, 5) is 21.2. The third-order valence-corrected chi connectivity index (χ3v) is 3.39. The molecule has 7 nitrogen and oxygen atoms in total. The molecule has 2 N–H and O–H groups in total. The number of pyridine rings is 1. The zero-order chi connectivity index (χ0) is 13.7. The fourth-order valence-corrected chi connectivity index (χ4v) is 2.29. The molecule has 1 aliphatic rings. The molecule has 0 spiro atoms. The second-order valence-electron chi connectivity index (χ2n) is 4.82. The number of fused-ring (bicyclic) bond motifs is 1. The average Bonchev–Trinajstić information content (AvgIpc) is 3.13. The first-order chi connectivity index (χ1) is 9.75. The fourth-order valence-electron chi connectivity index (χ4n) is 2.29. The Hall–Kier alpha value is -2.70. The molecule has 1 saturated carbocycles. The molecule has 3 aromatic heterocycles. The van der Waals surface area contributed by atoms with Crippen molar-refractivity contribution in [1.82, 2.24) is 19.7 Å². The van der Waals surface area contributed by atoms with Crippen LogP contribution in [0.25, 0.3) is 22.6 Å². The minimum absolute atomic E-state index is 0.170. The zero-order valence-corrected chi connectivity index (χ0v) is 10.5. The largest absolute Gasteiger partial charge is 0.397 e. The second-order valence-corrected chi connectivity index (χ2v) is 4.82. The van der Waals surface area contributed by atoms with Gasteiger partial charge in [0.05, 0.1) is 11.9 Å². The molecule has 0 aliphatic heterocycles. The van der Waals surface area contributed by atoms with Crippen molar-refractivity contribution in [3.63, 3.8) is 0 Å². The third-order valence-electron chi connectivity index (χ3n) is 3.39. The fraction of sp³-hybridized carbons (Fsp3) is 0.231. The Kier molecular flexibility index (Phi) is 2.17. The van der Waals surface area contributed by atoms with Gasteiger partial charge in [-0.3, -0.25) is 9.36 Å². The number of nitrogen functional groups attached to an aromatic ring is 1. The quantitative estimate of drug-likeness (QED) is 0.754. The van der Waals surface area contributed by atoms with Crippen molar-refractivity contribution in [3.05, 3.63) is 34.9 Å². The SMILES string of the molecule is Nc1ccnc2c1nc(-c1ccno1)c(=O)n2C1CC1. The lowest BCUT2D eigenvalue weighted by Crippen LogP contribution is -2.23. The predicted molar refractivity (Wildman–Crippen MR) is 72.0 cm³/mol. The molecule has 1 aliphatic carbocycles. The average molecular weight is 269 g/mol. The molecule has 0 radical (unpaired) electrons. The van der Waals surface area contributed by atoms with Crippen LogP contribution in [0.1, 0.15) is 18.9 Å². The van der Waals surface area contributed by atoms with E-state index in [2.05, 4.69) is 15.1 Å². The van der Waals surface area contributed by atoms with Gasteiger partial charge in [0.1, 0.15) is 5.52 Å². The Morgan fingerprint density at radius 3 is 2.85 bits per heavy atom. The van der Waals surface area contributed by atoms with Gasteiger partial charge < -0.3 is 10.3 Å². The summed E-state index contributed by atoms with van der Waals surface area (Å²) in [5.74, 6) is 0.342. The number of aromatic nitrogens is 4. The number of hydrogen-bond donors (Lipinski definition) is 1. The molecule has 3 aromatic rings. The van der Waals surface area contributed by atoms with Crippen LogP contribution in [0.4, 0.5) is 5.69 Å². The van der Waals surface area contributed by atoms with E-state index in [0.717, 1.165) is 12.8 Å². The topological polar surface area (TPSA) is 99.8 Å². The lowest BCUT2D eigenvalue weighted by molar-refractivity contribution is 0.430. The van der Waals surface area contributed by atoms with Crippen molar-refractivity contribution in [2.75, 3.05) is 5.73 Å². The van der Waals surface area contributed by atoms with Gasteiger partial charge in [-0.05, 0) is 18.9 Å². The molecule has 0 saturated heterocycles. The van der Waals surface area contributed by atoms with Crippen LogP contribution in [-0.4, -0.2) is 19.7 Å². The maximum atomic E-state index is 12.6. The molecular weight excluding hydrogens is 258 g/mol. The van der Waals surface area contributed by atoms with Crippen LogP contribution in [0, 0.1) is 0 Å². The van der Waals surface area contributed by atoms with Gasteiger partial charge in [0.2, 0.25) is 0 Å². The summed E-state index contributed by atoms with van der Waals surface area (Å²) in [6.07, 6.45) is 5.00. The maximum Gasteiger partial charge on any atom is 0.282 e. The number of anilines is 1. The van der Waals surface area contributed by atoms with Crippen molar-refractivity contribution < 1.29 is 4.52 Å². The van der Waals surface area contributed by atoms with Gasteiger partial charge >= 0.3 is 0 Å². The molecular formula is C13H11N5O2. The van der Waals surface area contributed by atoms with E-state index in [0.29, 0.717) is 22.6 Å². The van der Waals surface area contributed by atoms with Gasteiger partial charge in [-0.25, -0.2) is 9.97 Å². The first kappa shape index (κ1) is 11.2. The number of nitrogens with two attached hydrogens (primary N) is 1. The van der Waals surface area contributed by atoms with E-state index >= 15 is 0 Å². The van der Waals surface area contributed by atoms with Crippen LogP contribution in [0.5, 0.6) is 0 Å². The Balaban J connectivity index is 2.14. The maximum absolute atomic E-state index is 12.6. The minimum atomic E-state index is -0.213. The first-order valence-corrected chi connectivity index (χ1v) is 6.33. The summed E-state index contributed by atoms with van der Waals surface area (Å²) in [6.45, 7) is 0. The van der Waals surface area contributed by atoms with Crippen LogP contribution < -0.4 is 11.3 Å².